The number of esters is 2. The van der Waals surface area contributed by atoms with Gasteiger partial charge >= 0.3 is 11.9 Å². The molecule has 2 aromatic rings. The van der Waals surface area contributed by atoms with E-state index in [1.54, 1.807) is 18.2 Å². The molecule has 170 valence electrons. The van der Waals surface area contributed by atoms with Crippen LogP contribution in [-0.4, -0.2) is 42.8 Å². The van der Waals surface area contributed by atoms with Gasteiger partial charge in [0, 0.05) is 7.14 Å². The van der Waals surface area contributed by atoms with Gasteiger partial charge in [0.1, 0.15) is 36.9 Å². The van der Waals surface area contributed by atoms with Crippen molar-refractivity contribution in [2.45, 2.75) is 0 Å². The van der Waals surface area contributed by atoms with Crippen molar-refractivity contribution in [3.63, 3.8) is 0 Å². The summed E-state index contributed by atoms with van der Waals surface area (Å²) < 4.78 is 17.6. The van der Waals surface area contributed by atoms with E-state index in [0.29, 0.717) is 19.8 Å². The summed E-state index contributed by atoms with van der Waals surface area (Å²) in [7, 11) is 0. The molecular weight excluding hydrogens is 876 g/mol. The monoisotopic (exact) mass is 889 g/mol. The third-order valence-corrected chi connectivity index (χ3v) is 7.28. The van der Waals surface area contributed by atoms with Crippen molar-refractivity contribution in [3.8, 4) is 11.5 Å². The van der Waals surface area contributed by atoms with Crippen LogP contribution in [0.15, 0.2) is 24.8 Å². The van der Waals surface area contributed by atoms with E-state index in [1.807, 2.05) is 90.4 Å². The molecule has 0 saturated heterocycles. The van der Waals surface area contributed by atoms with Crippen molar-refractivity contribution >= 4 is 114 Å². The molecule has 0 atom stereocenters. The van der Waals surface area contributed by atoms with Gasteiger partial charge in [-0.15, -0.1) is 0 Å². The second kappa shape index (κ2) is 12.5. The smallest absolute Gasteiger partial charge is 0.343 e. The number of carbonyl (C=O) groups excluding carboxylic acids is 3. The summed E-state index contributed by atoms with van der Waals surface area (Å²) in [5, 5.41) is 20.8. The molecule has 0 radical (unpaired) electrons. The van der Waals surface area contributed by atoms with Crippen LogP contribution in [0.4, 0.5) is 0 Å². The molecule has 0 aromatic heterocycles. The lowest BCUT2D eigenvalue weighted by Crippen LogP contribution is -2.29. The number of aliphatic carboxylic acids is 1. The molecule has 12 heteroatoms. The minimum absolute atomic E-state index is 0.0129. The van der Waals surface area contributed by atoms with Crippen molar-refractivity contribution in [1.29, 1.82) is 0 Å². The fourth-order valence-corrected chi connectivity index (χ4v) is 7.35. The fraction of sp³-hybridized carbons (Fsp3) is 0.150. The van der Waals surface area contributed by atoms with Crippen molar-refractivity contribution in [1.82, 2.24) is 0 Å². The average Bonchev–Trinajstić information content (AvgIpc) is 2.69. The van der Waals surface area contributed by atoms with Gasteiger partial charge in [0.2, 0.25) is 0 Å². The maximum absolute atomic E-state index is 12.6. The molecule has 0 spiro atoms. The van der Waals surface area contributed by atoms with E-state index in [-0.39, 0.29) is 35.8 Å². The zero-order valence-electron chi connectivity index (χ0n) is 16.0. The van der Waals surface area contributed by atoms with E-state index in [9.17, 15) is 24.6 Å². The van der Waals surface area contributed by atoms with E-state index in [1.165, 1.54) is 6.07 Å². The Bertz CT molecular complexity index is 1060. The number of benzene rings is 2. The zero-order valence-corrected chi connectivity index (χ0v) is 24.6. The molecule has 2 aromatic carbocycles. The van der Waals surface area contributed by atoms with E-state index >= 15 is 0 Å². The Labute approximate surface area is 237 Å². The highest BCUT2D eigenvalue weighted by atomic mass is 127. The fourth-order valence-electron chi connectivity index (χ4n) is 2.37. The predicted octanol–water partition coefficient (Wildman–Crippen LogP) is 3.60. The van der Waals surface area contributed by atoms with E-state index < -0.39 is 24.5 Å². The lowest BCUT2D eigenvalue weighted by molar-refractivity contribution is -0.307. The standard InChI is InChI=1S/C20H14I4O8/c1-2-9-5-10(21)15(13(25)6-9)19(28)30-3-4-31-20(29)16-11(22)7-12(23)18(17(16)24)32-8-14(26)27/h2,5-7,25H,1,3-4,8H2,(H,26,27)/p-1. The Kier molecular flexibility index (Phi) is 10.7. The van der Waals surface area contributed by atoms with Crippen LogP contribution in [0.3, 0.4) is 0 Å². The second-order valence-electron chi connectivity index (χ2n) is 5.89. The quantitative estimate of drug-likeness (QED) is 0.231. The number of halogens is 4. The number of carboxylic acid groups (broad SMARTS) is 1. The van der Waals surface area contributed by atoms with Crippen LogP contribution >= 0.6 is 90.4 Å². The molecule has 0 bridgehead atoms. The van der Waals surface area contributed by atoms with Crippen molar-refractivity contribution in [2.75, 3.05) is 19.8 Å². The van der Waals surface area contributed by atoms with Gasteiger partial charge in [0.05, 0.1) is 18.7 Å². The molecular formula is C20H13I4O8-. The van der Waals surface area contributed by atoms with Crippen LogP contribution in [0.25, 0.3) is 6.08 Å². The van der Waals surface area contributed by atoms with E-state index in [0.717, 1.165) is 0 Å². The highest BCUT2D eigenvalue weighted by molar-refractivity contribution is 14.1. The molecule has 0 aliphatic carbocycles. The number of hydrogen-bond acceptors (Lipinski definition) is 8. The average molecular weight is 889 g/mol. The molecule has 32 heavy (non-hydrogen) atoms. The largest absolute Gasteiger partial charge is 0.546 e. The van der Waals surface area contributed by atoms with Crippen LogP contribution in [0.1, 0.15) is 26.3 Å². The van der Waals surface area contributed by atoms with Gasteiger partial charge in [-0.2, -0.15) is 0 Å². The van der Waals surface area contributed by atoms with Gasteiger partial charge in [-0.1, -0.05) is 12.7 Å². The second-order valence-corrected chi connectivity index (χ2v) is 10.5. The van der Waals surface area contributed by atoms with Crippen molar-refractivity contribution in [2.24, 2.45) is 0 Å². The first-order valence-electron chi connectivity index (χ1n) is 8.56. The number of hydrogen-bond donors (Lipinski definition) is 1. The van der Waals surface area contributed by atoms with Gasteiger partial charge in [0.15, 0.2) is 0 Å². The molecule has 0 aliphatic rings. The van der Waals surface area contributed by atoms with Crippen LogP contribution in [0.2, 0.25) is 0 Å². The first-order valence-corrected chi connectivity index (χ1v) is 12.9. The van der Waals surface area contributed by atoms with Crippen LogP contribution < -0.4 is 9.84 Å². The molecule has 0 heterocycles. The third kappa shape index (κ3) is 7.05. The highest BCUT2D eigenvalue weighted by Crippen LogP contribution is 2.34. The van der Waals surface area contributed by atoms with Crippen LogP contribution in [-0.2, 0) is 14.3 Å². The van der Waals surface area contributed by atoms with Gasteiger partial charge in [-0.25, -0.2) is 9.59 Å². The first-order chi connectivity index (χ1) is 15.1. The maximum atomic E-state index is 12.6. The summed E-state index contributed by atoms with van der Waals surface area (Å²) in [5.74, 6) is -2.82. The zero-order chi connectivity index (χ0) is 24.0. The molecule has 0 aliphatic heterocycles. The molecule has 0 unspecified atom stereocenters. The van der Waals surface area contributed by atoms with Crippen molar-refractivity contribution in [3.05, 3.63) is 55.7 Å². The number of phenols is 1. The molecule has 0 amide bonds. The van der Waals surface area contributed by atoms with Gasteiger partial charge < -0.3 is 29.2 Å². The summed E-state index contributed by atoms with van der Waals surface area (Å²) in [4.78, 5) is 35.6. The van der Waals surface area contributed by atoms with Gasteiger partial charge in [0.25, 0.3) is 0 Å². The summed E-state index contributed by atoms with van der Waals surface area (Å²) >= 11 is 7.71. The summed E-state index contributed by atoms with van der Waals surface area (Å²) in [6.07, 6.45) is 1.54. The van der Waals surface area contributed by atoms with Crippen molar-refractivity contribution < 1.29 is 38.8 Å². The third-order valence-electron chi connectivity index (χ3n) is 3.75. The van der Waals surface area contributed by atoms with Crippen LogP contribution in [0.5, 0.6) is 11.5 Å². The Hall–Kier alpha value is -0.890. The Morgan fingerprint density at radius 1 is 0.938 bits per heavy atom. The summed E-state index contributed by atoms with van der Waals surface area (Å²) in [5.41, 5.74) is 0.875. The number of carboxylic acids is 1. The van der Waals surface area contributed by atoms with E-state index in [2.05, 4.69) is 6.58 Å². The Morgan fingerprint density at radius 2 is 1.50 bits per heavy atom. The molecule has 0 saturated carbocycles. The Morgan fingerprint density at radius 3 is 2.03 bits per heavy atom. The minimum atomic E-state index is -1.39. The topological polar surface area (TPSA) is 122 Å². The summed E-state index contributed by atoms with van der Waals surface area (Å²) in [6.45, 7) is 2.51. The number of aromatic hydroxyl groups is 1. The maximum Gasteiger partial charge on any atom is 0.343 e. The molecule has 1 N–H and O–H groups in total. The number of carbonyl (C=O) groups is 3. The van der Waals surface area contributed by atoms with Gasteiger partial charge in [-0.05, 0) is 114 Å². The van der Waals surface area contributed by atoms with Crippen LogP contribution in [0, 0.1) is 14.3 Å². The SMILES string of the molecule is C=Cc1cc(O)c(C(=O)OCCOC(=O)c2c(I)cc(I)c(OCC(=O)[O-])c2I)c(I)c1. The normalized spacial score (nSPS) is 10.4. The van der Waals surface area contributed by atoms with Gasteiger partial charge in [-0.3, -0.25) is 0 Å². The van der Waals surface area contributed by atoms with E-state index in [4.69, 9.17) is 14.2 Å². The predicted molar refractivity (Wildman–Crippen MR) is 147 cm³/mol. The highest BCUT2D eigenvalue weighted by Gasteiger charge is 2.23. The lowest BCUT2D eigenvalue weighted by Gasteiger charge is -2.15. The lowest BCUT2D eigenvalue weighted by atomic mass is 10.1. The number of ether oxygens (including phenoxy) is 3. The molecule has 0 fully saturated rings. The molecule has 8 nitrogen and oxygen atoms in total. The minimum Gasteiger partial charge on any atom is -0.546 e. The number of rotatable bonds is 9. The first kappa shape index (κ1) is 27.4. The molecule has 2 rings (SSSR count). The summed E-state index contributed by atoms with van der Waals surface area (Å²) in [6, 6.07) is 4.72. The Balaban J connectivity index is 2.03. The number of phenolic OH excluding ortho intramolecular Hbond substituents is 1.